The molecule has 3 N–H and O–H groups in total. The van der Waals surface area contributed by atoms with Crippen LogP contribution < -0.4 is 11.1 Å². The molecule has 2 rings (SSSR count). The molecule has 1 atom stereocenters. The topological polar surface area (TPSA) is 55.1 Å². The number of hydrogen-bond acceptors (Lipinski definition) is 2. The average molecular weight is 286 g/mol. The normalized spacial score (nSPS) is 12.0. The van der Waals surface area contributed by atoms with Gasteiger partial charge in [-0.15, -0.1) is 0 Å². The Hall–Kier alpha value is -2.20. The predicted molar refractivity (Wildman–Crippen MR) is 82.5 cm³/mol. The fourth-order valence-electron chi connectivity index (χ4n) is 2.06. The molecular weight excluding hydrogens is 267 g/mol. The number of carbonyl (C=O) groups is 1. The molecule has 2 aromatic carbocycles. The first kappa shape index (κ1) is 15.2. The molecule has 0 radical (unpaired) electrons. The third-order valence-corrected chi connectivity index (χ3v) is 3.30. The van der Waals surface area contributed by atoms with Crippen molar-refractivity contribution in [1.82, 2.24) is 0 Å². The maximum Gasteiger partial charge on any atom is 0.241 e. The first-order valence-corrected chi connectivity index (χ1v) is 6.93. The zero-order chi connectivity index (χ0) is 15.2. The molecule has 0 fully saturated rings. The van der Waals surface area contributed by atoms with Gasteiger partial charge in [0, 0.05) is 0 Å². The highest BCUT2D eigenvalue weighted by atomic mass is 19.1. The second kappa shape index (κ2) is 6.99. The Morgan fingerprint density at radius 1 is 1.24 bits per heavy atom. The molecule has 2 aromatic rings. The van der Waals surface area contributed by atoms with Crippen LogP contribution in [0.25, 0.3) is 0 Å². The molecule has 0 bridgehead atoms. The first-order chi connectivity index (χ1) is 10.1. The molecule has 0 spiro atoms. The minimum atomic E-state index is -0.662. The van der Waals surface area contributed by atoms with E-state index in [1.807, 2.05) is 37.3 Å². The van der Waals surface area contributed by atoms with Crippen LogP contribution in [0.5, 0.6) is 0 Å². The van der Waals surface area contributed by atoms with Gasteiger partial charge in [0.05, 0.1) is 11.7 Å². The van der Waals surface area contributed by atoms with E-state index in [0.29, 0.717) is 12.8 Å². The number of amides is 1. The number of nitrogens with two attached hydrogens (primary N) is 1. The van der Waals surface area contributed by atoms with Crippen LogP contribution >= 0.6 is 0 Å². The van der Waals surface area contributed by atoms with Gasteiger partial charge in [-0.2, -0.15) is 0 Å². The molecule has 0 saturated carbocycles. The minimum absolute atomic E-state index is 0.176. The molecule has 1 unspecified atom stereocenters. The molecule has 0 aliphatic rings. The molecule has 1 amide bonds. The largest absolute Gasteiger partial charge is 0.322 e. The van der Waals surface area contributed by atoms with E-state index in [2.05, 4.69) is 5.32 Å². The van der Waals surface area contributed by atoms with E-state index in [0.717, 1.165) is 11.1 Å². The van der Waals surface area contributed by atoms with Gasteiger partial charge in [-0.25, -0.2) is 4.39 Å². The van der Waals surface area contributed by atoms with Gasteiger partial charge in [0.15, 0.2) is 0 Å². The number of rotatable bonds is 5. The Kier molecular flexibility index (Phi) is 5.06. The lowest BCUT2D eigenvalue weighted by Gasteiger charge is -2.13. The van der Waals surface area contributed by atoms with Crippen molar-refractivity contribution in [3.8, 4) is 0 Å². The Bertz CT molecular complexity index is 613. The van der Waals surface area contributed by atoms with Crippen molar-refractivity contribution < 1.29 is 9.18 Å². The van der Waals surface area contributed by atoms with Gasteiger partial charge in [-0.1, -0.05) is 36.4 Å². The van der Waals surface area contributed by atoms with Gasteiger partial charge < -0.3 is 11.1 Å². The number of hydrogen-bond donors (Lipinski definition) is 2. The quantitative estimate of drug-likeness (QED) is 0.887. The lowest BCUT2D eigenvalue weighted by molar-refractivity contribution is -0.117. The molecule has 0 aliphatic heterocycles. The minimum Gasteiger partial charge on any atom is -0.322 e. The van der Waals surface area contributed by atoms with Crippen LogP contribution in [0.4, 0.5) is 10.1 Å². The van der Waals surface area contributed by atoms with Crippen LogP contribution in [0.2, 0.25) is 0 Å². The summed E-state index contributed by atoms with van der Waals surface area (Å²) in [5.74, 6) is -0.820. The van der Waals surface area contributed by atoms with Crippen LogP contribution in [0.3, 0.4) is 0 Å². The monoisotopic (exact) mass is 286 g/mol. The lowest BCUT2D eigenvalue weighted by Crippen LogP contribution is -2.36. The van der Waals surface area contributed by atoms with Crippen molar-refractivity contribution in [3.05, 3.63) is 65.5 Å². The Labute approximate surface area is 124 Å². The highest BCUT2D eigenvalue weighted by Gasteiger charge is 2.15. The van der Waals surface area contributed by atoms with Crippen LogP contribution in [0, 0.1) is 12.7 Å². The molecule has 0 aromatic heterocycles. The Balaban J connectivity index is 1.92. The Morgan fingerprint density at radius 2 is 1.95 bits per heavy atom. The number of nitrogens with one attached hydrogen (secondary N) is 1. The van der Waals surface area contributed by atoms with E-state index in [9.17, 15) is 9.18 Å². The summed E-state index contributed by atoms with van der Waals surface area (Å²) in [4.78, 5) is 12.0. The zero-order valence-electron chi connectivity index (χ0n) is 12.0. The third kappa shape index (κ3) is 4.39. The van der Waals surface area contributed by atoms with Gasteiger partial charge in [0.25, 0.3) is 0 Å². The summed E-state index contributed by atoms with van der Waals surface area (Å²) in [5.41, 5.74) is 8.05. The molecule has 0 heterocycles. The molecule has 0 saturated heterocycles. The van der Waals surface area contributed by atoms with Gasteiger partial charge in [-0.3, -0.25) is 4.79 Å². The second-order valence-electron chi connectivity index (χ2n) is 5.10. The highest BCUT2D eigenvalue weighted by molar-refractivity contribution is 5.94. The van der Waals surface area contributed by atoms with E-state index in [1.165, 1.54) is 6.07 Å². The molecule has 4 heteroatoms. The summed E-state index contributed by atoms with van der Waals surface area (Å²) in [5, 5.41) is 2.55. The number of aryl methyl sites for hydroxylation is 2. The fraction of sp³-hybridized carbons (Fsp3) is 0.235. The maximum atomic E-state index is 13.6. The van der Waals surface area contributed by atoms with Gasteiger partial charge in [0.2, 0.25) is 5.91 Å². The van der Waals surface area contributed by atoms with Crippen molar-refractivity contribution >= 4 is 11.6 Å². The number of benzene rings is 2. The van der Waals surface area contributed by atoms with Crippen LogP contribution in [-0.4, -0.2) is 11.9 Å². The van der Waals surface area contributed by atoms with E-state index in [-0.39, 0.29) is 11.6 Å². The van der Waals surface area contributed by atoms with Gasteiger partial charge >= 0.3 is 0 Å². The SMILES string of the molecule is Cc1ccc(F)c(NC(=O)C(N)CCc2ccccc2)c1. The fourth-order valence-corrected chi connectivity index (χ4v) is 2.06. The zero-order valence-corrected chi connectivity index (χ0v) is 12.0. The van der Waals surface area contributed by atoms with E-state index in [1.54, 1.807) is 12.1 Å². The molecule has 0 aliphatic carbocycles. The number of anilines is 1. The highest BCUT2D eigenvalue weighted by Crippen LogP contribution is 2.16. The van der Waals surface area contributed by atoms with Gasteiger partial charge in [0.1, 0.15) is 5.82 Å². The van der Waals surface area contributed by atoms with Gasteiger partial charge in [-0.05, 0) is 43.0 Å². The van der Waals surface area contributed by atoms with E-state index >= 15 is 0 Å². The van der Waals surface area contributed by atoms with Crippen LogP contribution in [0.15, 0.2) is 48.5 Å². The summed E-state index contributed by atoms with van der Waals surface area (Å²) in [7, 11) is 0. The van der Waals surface area contributed by atoms with Crippen molar-refractivity contribution in [2.45, 2.75) is 25.8 Å². The number of halogens is 1. The second-order valence-corrected chi connectivity index (χ2v) is 5.10. The summed E-state index contributed by atoms with van der Waals surface area (Å²) in [6, 6.07) is 13.7. The van der Waals surface area contributed by atoms with E-state index in [4.69, 9.17) is 5.73 Å². The standard InChI is InChI=1S/C17H19FN2O/c1-12-7-9-14(18)16(11-12)20-17(21)15(19)10-8-13-5-3-2-4-6-13/h2-7,9,11,15H,8,10,19H2,1H3,(H,20,21). The van der Waals surface area contributed by atoms with Crippen molar-refractivity contribution in [2.24, 2.45) is 5.73 Å². The smallest absolute Gasteiger partial charge is 0.241 e. The first-order valence-electron chi connectivity index (χ1n) is 6.93. The van der Waals surface area contributed by atoms with Crippen molar-refractivity contribution in [1.29, 1.82) is 0 Å². The summed E-state index contributed by atoms with van der Waals surface area (Å²) in [6.45, 7) is 1.84. The molecular formula is C17H19FN2O. The summed E-state index contributed by atoms with van der Waals surface area (Å²) >= 11 is 0. The molecule has 110 valence electrons. The Morgan fingerprint density at radius 3 is 2.67 bits per heavy atom. The van der Waals surface area contributed by atoms with Crippen LogP contribution in [-0.2, 0) is 11.2 Å². The maximum absolute atomic E-state index is 13.6. The van der Waals surface area contributed by atoms with Crippen molar-refractivity contribution in [2.75, 3.05) is 5.32 Å². The van der Waals surface area contributed by atoms with Crippen molar-refractivity contribution in [3.63, 3.8) is 0 Å². The average Bonchev–Trinajstić information content (AvgIpc) is 2.49. The summed E-state index contributed by atoms with van der Waals surface area (Å²) in [6.07, 6.45) is 1.23. The molecule has 21 heavy (non-hydrogen) atoms. The predicted octanol–water partition coefficient (Wildman–Crippen LogP) is 3.03. The summed E-state index contributed by atoms with van der Waals surface area (Å²) < 4.78 is 13.6. The third-order valence-electron chi connectivity index (χ3n) is 3.30. The van der Waals surface area contributed by atoms with E-state index < -0.39 is 11.9 Å². The van der Waals surface area contributed by atoms with Crippen LogP contribution in [0.1, 0.15) is 17.5 Å². The lowest BCUT2D eigenvalue weighted by atomic mass is 10.1. The molecule has 3 nitrogen and oxygen atoms in total. The number of carbonyl (C=O) groups excluding carboxylic acids is 1.